The van der Waals surface area contributed by atoms with Gasteiger partial charge in [0.05, 0.1) is 0 Å². The molecule has 1 amide bonds. The maximum atomic E-state index is 12.2. The van der Waals surface area contributed by atoms with E-state index >= 15 is 0 Å². The highest BCUT2D eigenvalue weighted by Crippen LogP contribution is 2.21. The predicted molar refractivity (Wildman–Crippen MR) is 74.9 cm³/mol. The van der Waals surface area contributed by atoms with Gasteiger partial charge in [0, 0.05) is 25.2 Å². The summed E-state index contributed by atoms with van der Waals surface area (Å²) in [5.74, 6) is 0.703. The van der Waals surface area contributed by atoms with Gasteiger partial charge in [-0.25, -0.2) is 0 Å². The number of benzene rings is 1. The molecule has 1 heterocycles. The largest absolute Gasteiger partial charge is 0.316 e. The SMILES string of the molecule is Cc1cc(C)cc(N2CC(C)CNCCC2=O)c1. The van der Waals surface area contributed by atoms with E-state index in [1.165, 1.54) is 11.1 Å². The second kappa shape index (κ2) is 5.53. The third-order valence-electron chi connectivity index (χ3n) is 3.32. The van der Waals surface area contributed by atoms with Crippen LogP contribution in [-0.4, -0.2) is 25.5 Å². The minimum atomic E-state index is 0.221. The van der Waals surface area contributed by atoms with Crippen molar-refractivity contribution in [2.75, 3.05) is 24.5 Å². The fraction of sp³-hybridized carbons (Fsp3) is 0.533. The van der Waals surface area contributed by atoms with Gasteiger partial charge in [0.2, 0.25) is 5.91 Å². The third kappa shape index (κ3) is 3.10. The molecule has 1 aromatic rings. The van der Waals surface area contributed by atoms with Crippen LogP contribution in [-0.2, 0) is 4.79 Å². The summed E-state index contributed by atoms with van der Waals surface area (Å²) in [4.78, 5) is 14.2. The van der Waals surface area contributed by atoms with E-state index < -0.39 is 0 Å². The highest BCUT2D eigenvalue weighted by Gasteiger charge is 2.20. The molecular weight excluding hydrogens is 224 g/mol. The molecule has 1 atom stereocenters. The zero-order valence-electron chi connectivity index (χ0n) is 11.5. The molecule has 1 aromatic carbocycles. The number of hydrogen-bond acceptors (Lipinski definition) is 2. The van der Waals surface area contributed by atoms with E-state index in [0.29, 0.717) is 12.3 Å². The van der Waals surface area contributed by atoms with E-state index in [4.69, 9.17) is 0 Å². The molecule has 2 rings (SSSR count). The molecule has 0 saturated carbocycles. The lowest BCUT2D eigenvalue weighted by Crippen LogP contribution is -2.42. The van der Waals surface area contributed by atoms with Crippen molar-refractivity contribution in [1.29, 1.82) is 0 Å². The van der Waals surface area contributed by atoms with Crippen LogP contribution in [0.5, 0.6) is 0 Å². The lowest BCUT2D eigenvalue weighted by Gasteiger charge is -2.29. The van der Waals surface area contributed by atoms with Crippen molar-refractivity contribution in [1.82, 2.24) is 5.32 Å². The Labute approximate surface area is 109 Å². The standard InChI is InChI=1S/C15H22N2O/c1-11-6-12(2)8-14(7-11)17-10-13(3)9-16-5-4-15(17)18/h6-8,13,16H,4-5,9-10H2,1-3H3. The normalized spacial score (nSPS) is 21.6. The first-order chi connectivity index (χ1) is 8.56. The smallest absolute Gasteiger partial charge is 0.228 e. The molecule has 0 aliphatic carbocycles. The van der Waals surface area contributed by atoms with E-state index in [9.17, 15) is 4.79 Å². The number of rotatable bonds is 1. The van der Waals surface area contributed by atoms with Crippen LogP contribution in [0.25, 0.3) is 0 Å². The van der Waals surface area contributed by atoms with Gasteiger partial charge in [-0.3, -0.25) is 4.79 Å². The molecule has 0 aromatic heterocycles. The van der Waals surface area contributed by atoms with E-state index in [0.717, 1.165) is 25.3 Å². The average molecular weight is 246 g/mol. The van der Waals surface area contributed by atoms with Gasteiger partial charge in [-0.2, -0.15) is 0 Å². The Bertz CT molecular complexity index is 422. The molecule has 1 fully saturated rings. The van der Waals surface area contributed by atoms with Gasteiger partial charge >= 0.3 is 0 Å². The minimum absolute atomic E-state index is 0.221. The average Bonchev–Trinajstić information content (AvgIpc) is 2.28. The molecule has 98 valence electrons. The van der Waals surface area contributed by atoms with E-state index in [2.05, 4.69) is 44.3 Å². The summed E-state index contributed by atoms with van der Waals surface area (Å²) in [6.07, 6.45) is 0.583. The van der Waals surface area contributed by atoms with Gasteiger partial charge in [-0.05, 0) is 49.6 Å². The maximum absolute atomic E-state index is 12.2. The zero-order valence-corrected chi connectivity index (χ0v) is 11.5. The Balaban J connectivity index is 2.29. The quantitative estimate of drug-likeness (QED) is 0.824. The minimum Gasteiger partial charge on any atom is -0.316 e. The maximum Gasteiger partial charge on any atom is 0.228 e. The Kier molecular flexibility index (Phi) is 4.02. The summed E-state index contributed by atoms with van der Waals surface area (Å²) >= 11 is 0. The number of nitrogens with one attached hydrogen (secondary N) is 1. The van der Waals surface area contributed by atoms with Gasteiger partial charge in [0.1, 0.15) is 0 Å². The Morgan fingerprint density at radius 1 is 1.22 bits per heavy atom. The van der Waals surface area contributed by atoms with E-state index in [1.807, 2.05) is 4.90 Å². The number of aryl methyl sites for hydroxylation is 2. The predicted octanol–water partition coefficient (Wildman–Crippen LogP) is 2.27. The topological polar surface area (TPSA) is 32.3 Å². The van der Waals surface area contributed by atoms with Crippen LogP contribution in [0, 0.1) is 19.8 Å². The second-order valence-electron chi connectivity index (χ2n) is 5.41. The molecule has 1 unspecified atom stereocenters. The van der Waals surface area contributed by atoms with Crippen LogP contribution in [0.3, 0.4) is 0 Å². The molecule has 1 aliphatic rings. The molecule has 1 saturated heterocycles. The number of carbonyl (C=O) groups is 1. The molecule has 0 bridgehead atoms. The molecule has 0 radical (unpaired) electrons. The molecule has 1 N–H and O–H groups in total. The van der Waals surface area contributed by atoms with Crippen molar-refractivity contribution in [3.63, 3.8) is 0 Å². The monoisotopic (exact) mass is 246 g/mol. The van der Waals surface area contributed by atoms with Crippen molar-refractivity contribution >= 4 is 11.6 Å². The Hall–Kier alpha value is -1.35. The zero-order chi connectivity index (χ0) is 13.1. The van der Waals surface area contributed by atoms with Crippen molar-refractivity contribution in [2.24, 2.45) is 5.92 Å². The number of anilines is 1. The number of nitrogens with zero attached hydrogens (tertiary/aromatic N) is 1. The van der Waals surface area contributed by atoms with Crippen LogP contribution in [0.2, 0.25) is 0 Å². The molecular formula is C15H22N2O. The molecule has 3 nitrogen and oxygen atoms in total. The summed E-state index contributed by atoms with van der Waals surface area (Å²) in [5.41, 5.74) is 3.47. The van der Waals surface area contributed by atoms with Gasteiger partial charge in [0.15, 0.2) is 0 Å². The third-order valence-corrected chi connectivity index (χ3v) is 3.32. The van der Waals surface area contributed by atoms with Gasteiger partial charge < -0.3 is 10.2 Å². The van der Waals surface area contributed by atoms with Crippen LogP contribution >= 0.6 is 0 Å². The van der Waals surface area contributed by atoms with Crippen LogP contribution in [0.15, 0.2) is 18.2 Å². The second-order valence-corrected chi connectivity index (χ2v) is 5.41. The first-order valence-corrected chi connectivity index (χ1v) is 6.65. The highest BCUT2D eigenvalue weighted by molar-refractivity contribution is 5.93. The van der Waals surface area contributed by atoms with Gasteiger partial charge in [-0.15, -0.1) is 0 Å². The molecule has 1 aliphatic heterocycles. The fourth-order valence-corrected chi connectivity index (χ4v) is 2.51. The van der Waals surface area contributed by atoms with E-state index in [-0.39, 0.29) is 5.91 Å². The summed E-state index contributed by atoms with van der Waals surface area (Å²) in [6.45, 7) is 8.90. The lowest BCUT2D eigenvalue weighted by atomic mass is 10.1. The number of carbonyl (C=O) groups excluding carboxylic acids is 1. The van der Waals surface area contributed by atoms with Crippen molar-refractivity contribution in [2.45, 2.75) is 27.2 Å². The van der Waals surface area contributed by atoms with Crippen LogP contribution < -0.4 is 10.2 Å². The fourth-order valence-electron chi connectivity index (χ4n) is 2.51. The Morgan fingerprint density at radius 3 is 2.56 bits per heavy atom. The Morgan fingerprint density at radius 2 is 1.89 bits per heavy atom. The van der Waals surface area contributed by atoms with Crippen molar-refractivity contribution in [3.05, 3.63) is 29.3 Å². The van der Waals surface area contributed by atoms with Gasteiger partial charge in [-0.1, -0.05) is 13.0 Å². The van der Waals surface area contributed by atoms with Crippen molar-refractivity contribution < 1.29 is 4.79 Å². The summed E-state index contributed by atoms with van der Waals surface area (Å²) < 4.78 is 0. The van der Waals surface area contributed by atoms with Crippen molar-refractivity contribution in [3.8, 4) is 0 Å². The summed E-state index contributed by atoms with van der Waals surface area (Å²) in [6, 6.07) is 6.35. The summed E-state index contributed by atoms with van der Waals surface area (Å²) in [5, 5.41) is 3.31. The molecule has 18 heavy (non-hydrogen) atoms. The molecule has 0 spiro atoms. The number of hydrogen-bond donors (Lipinski definition) is 1. The van der Waals surface area contributed by atoms with Crippen LogP contribution in [0.4, 0.5) is 5.69 Å². The van der Waals surface area contributed by atoms with Crippen LogP contribution in [0.1, 0.15) is 24.5 Å². The summed E-state index contributed by atoms with van der Waals surface area (Å²) in [7, 11) is 0. The first-order valence-electron chi connectivity index (χ1n) is 6.65. The van der Waals surface area contributed by atoms with Gasteiger partial charge in [0.25, 0.3) is 0 Å². The first kappa shape index (κ1) is 13.1. The van der Waals surface area contributed by atoms with E-state index in [1.54, 1.807) is 0 Å². The lowest BCUT2D eigenvalue weighted by molar-refractivity contribution is -0.118. The number of amides is 1. The highest BCUT2D eigenvalue weighted by atomic mass is 16.2. The molecule has 3 heteroatoms.